The van der Waals surface area contributed by atoms with Gasteiger partial charge in [-0.15, -0.1) is 0 Å². The monoisotopic (exact) mass is 316 g/mol. The summed E-state index contributed by atoms with van der Waals surface area (Å²) in [6.45, 7) is 0.180. The number of hydrogen-bond donors (Lipinski definition) is 2. The van der Waals surface area contributed by atoms with Gasteiger partial charge in [0.25, 0.3) is 0 Å². The molecule has 0 heterocycles. The van der Waals surface area contributed by atoms with E-state index in [2.05, 4.69) is 5.32 Å². The summed E-state index contributed by atoms with van der Waals surface area (Å²) < 4.78 is 5.35. The van der Waals surface area contributed by atoms with E-state index in [9.17, 15) is 20.0 Å². The zero-order chi connectivity index (χ0) is 16.7. The quantitative estimate of drug-likeness (QED) is 0.354. The summed E-state index contributed by atoms with van der Waals surface area (Å²) >= 11 is 0. The maximum atomic E-state index is 11.8. The van der Waals surface area contributed by atoms with Crippen LogP contribution in [0.5, 0.6) is 11.5 Å². The highest BCUT2D eigenvalue weighted by atomic mass is 16.6. The Morgan fingerprint density at radius 1 is 1.17 bits per heavy atom. The predicted molar refractivity (Wildman–Crippen MR) is 84.6 cm³/mol. The minimum atomic E-state index is -0.514. The summed E-state index contributed by atoms with van der Waals surface area (Å²) in [6, 6.07) is 12.5. The second-order valence-corrected chi connectivity index (χ2v) is 4.74. The van der Waals surface area contributed by atoms with E-state index in [4.69, 9.17) is 4.74 Å². The predicted octanol–water partition coefficient (Wildman–Crippen LogP) is 3.10. The Morgan fingerprint density at radius 2 is 1.87 bits per heavy atom. The van der Waals surface area contributed by atoms with Crippen molar-refractivity contribution in [3.05, 3.63) is 58.6 Å². The number of para-hydroxylation sites is 4. The molecule has 0 aliphatic rings. The van der Waals surface area contributed by atoms with Crippen molar-refractivity contribution in [3.63, 3.8) is 0 Å². The first kappa shape index (κ1) is 16.3. The molecule has 0 unspecified atom stereocenters. The van der Waals surface area contributed by atoms with E-state index < -0.39 is 4.92 Å². The van der Waals surface area contributed by atoms with Gasteiger partial charge < -0.3 is 15.2 Å². The summed E-state index contributed by atoms with van der Waals surface area (Å²) in [5.41, 5.74) is 0.239. The summed E-state index contributed by atoms with van der Waals surface area (Å²) in [7, 11) is 0. The van der Waals surface area contributed by atoms with Gasteiger partial charge in [-0.25, -0.2) is 0 Å². The third-order valence-electron chi connectivity index (χ3n) is 3.05. The number of carbonyl (C=O) groups excluding carboxylic acids is 1. The van der Waals surface area contributed by atoms with Crippen molar-refractivity contribution >= 4 is 17.3 Å². The molecule has 23 heavy (non-hydrogen) atoms. The zero-order valence-electron chi connectivity index (χ0n) is 12.3. The van der Waals surface area contributed by atoms with Crippen LogP contribution in [0.3, 0.4) is 0 Å². The largest absolute Gasteiger partial charge is 0.506 e. The Hall–Kier alpha value is -3.09. The molecule has 0 aliphatic carbocycles. The number of hydrogen-bond acceptors (Lipinski definition) is 5. The molecule has 2 rings (SSSR count). The van der Waals surface area contributed by atoms with E-state index in [-0.39, 0.29) is 36.1 Å². The van der Waals surface area contributed by atoms with E-state index in [0.717, 1.165) is 0 Å². The van der Waals surface area contributed by atoms with E-state index in [1.54, 1.807) is 30.3 Å². The number of anilines is 1. The van der Waals surface area contributed by atoms with E-state index in [1.807, 2.05) is 0 Å². The van der Waals surface area contributed by atoms with Gasteiger partial charge in [0.2, 0.25) is 5.91 Å². The molecule has 1 amide bonds. The summed E-state index contributed by atoms with van der Waals surface area (Å²) in [5.74, 6) is -0.0896. The second-order valence-electron chi connectivity index (χ2n) is 4.74. The molecule has 0 radical (unpaired) electrons. The Balaban J connectivity index is 1.79. The molecule has 0 atom stereocenters. The summed E-state index contributed by atoms with van der Waals surface area (Å²) in [5, 5.41) is 23.0. The zero-order valence-corrected chi connectivity index (χ0v) is 12.3. The van der Waals surface area contributed by atoms with Gasteiger partial charge in [-0.05, 0) is 24.6 Å². The number of nitro benzene ring substituents is 1. The molecule has 0 saturated heterocycles. The molecule has 7 nitrogen and oxygen atoms in total. The van der Waals surface area contributed by atoms with Gasteiger partial charge in [0, 0.05) is 12.5 Å². The fourth-order valence-electron chi connectivity index (χ4n) is 1.94. The van der Waals surface area contributed by atoms with Crippen molar-refractivity contribution < 1.29 is 19.6 Å². The van der Waals surface area contributed by atoms with Crippen LogP contribution < -0.4 is 10.1 Å². The highest BCUT2D eigenvalue weighted by Crippen LogP contribution is 2.26. The number of carbonyl (C=O) groups is 1. The van der Waals surface area contributed by atoms with Gasteiger partial charge in [0.15, 0.2) is 5.75 Å². The van der Waals surface area contributed by atoms with Crippen molar-refractivity contribution in [1.82, 2.24) is 0 Å². The van der Waals surface area contributed by atoms with E-state index >= 15 is 0 Å². The maximum absolute atomic E-state index is 11.8. The highest BCUT2D eigenvalue weighted by Gasteiger charge is 2.13. The van der Waals surface area contributed by atoms with Gasteiger partial charge in [-0.1, -0.05) is 24.3 Å². The van der Waals surface area contributed by atoms with Crippen LogP contribution in [0.2, 0.25) is 0 Å². The minimum absolute atomic E-state index is 0.00277. The SMILES string of the molecule is O=C(CCCOc1ccccc1[N+](=O)[O-])Nc1ccccc1O. The van der Waals surface area contributed by atoms with Crippen LogP contribution in [-0.4, -0.2) is 22.5 Å². The Bertz CT molecular complexity index is 702. The smallest absolute Gasteiger partial charge is 0.310 e. The second kappa shape index (κ2) is 7.79. The van der Waals surface area contributed by atoms with Crippen molar-refractivity contribution in [2.24, 2.45) is 0 Å². The molecule has 0 bridgehead atoms. The lowest BCUT2D eigenvalue weighted by Crippen LogP contribution is -2.13. The van der Waals surface area contributed by atoms with Crippen LogP contribution in [-0.2, 0) is 4.79 Å². The van der Waals surface area contributed by atoms with Gasteiger partial charge in [0.1, 0.15) is 5.75 Å². The molecule has 2 aromatic carbocycles. The fraction of sp³-hybridized carbons (Fsp3) is 0.188. The third kappa shape index (κ3) is 4.70. The molecule has 7 heteroatoms. The molecule has 0 aromatic heterocycles. The molecular weight excluding hydrogens is 300 g/mol. The molecule has 0 aliphatic heterocycles. The standard InChI is InChI=1S/C16H16N2O5/c19-14-8-3-1-6-12(14)17-16(20)10-5-11-23-15-9-4-2-7-13(15)18(21)22/h1-4,6-9,19H,5,10-11H2,(H,17,20). The van der Waals surface area contributed by atoms with Crippen molar-refractivity contribution in [3.8, 4) is 11.5 Å². The van der Waals surface area contributed by atoms with Gasteiger partial charge in [-0.2, -0.15) is 0 Å². The average Bonchev–Trinajstić information content (AvgIpc) is 2.54. The number of nitrogens with zero attached hydrogens (tertiary/aromatic N) is 1. The molecule has 0 saturated carbocycles. The molecule has 120 valence electrons. The first-order chi connectivity index (χ1) is 11.1. The summed E-state index contributed by atoms with van der Waals surface area (Å²) in [4.78, 5) is 22.1. The minimum Gasteiger partial charge on any atom is -0.506 e. The van der Waals surface area contributed by atoms with Gasteiger partial charge in [0.05, 0.1) is 17.2 Å². The fourth-order valence-corrected chi connectivity index (χ4v) is 1.94. The van der Waals surface area contributed by atoms with Crippen molar-refractivity contribution in [1.29, 1.82) is 0 Å². The molecule has 2 aromatic rings. The van der Waals surface area contributed by atoms with Gasteiger partial charge in [-0.3, -0.25) is 14.9 Å². The molecule has 2 N–H and O–H groups in total. The molecule has 0 fully saturated rings. The normalized spacial score (nSPS) is 10.1. The Morgan fingerprint density at radius 3 is 2.61 bits per heavy atom. The van der Waals surface area contributed by atoms with Crippen LogP contribution in [0.4, 0.5) is 11.4 Å². The van der Waals surface area contributed by atoms with Crippen LogP contribution in [0.25, 0.3) is 0 Å². The number of benzene rings is 2. The Labute approximate surface area is 132 Å². The lowest BCUT2D eigenvalue weighted by Gasteiger charge is -2.08. The topological polar surface area (TPSA) is 102 Å². The molecular formula is C16H16N2O5. The van der Waals surface area contributed by atoms with Gasteiger partial charge >= 0.3 is 5.69 Å². The highest BCUT2D eigenvalue weighted by molar-refractivity contribution is 5.92. The third-order valence-corrected chi connectivity index (χ3v) is 3.05. The number of aromatic hydroxyl groups is 1. The van der Waals surface area contributed by atoms with E-state index in [1.165, 1.54) is 18.2 Å². The first-order valence-electron chi connectivity index (χ1n) is 7.02. The first-order valence-corrected chi connectivity index (χ1v) is 7.02. The number of amides is 1. The van der Waals surface area contributed by atoms with Crippen LogP contribution in [0.1, 0.15) is 12.8 Å². The van der Waals surface area contributed by atoms with Crippen molar-refractivity contribution in [2.75, 3.05) is 11.9 Å². The van der Waals surface area contributed by atoms with Crippen LogP contribution >= 0.6 is 0 Å². The Kier molecular flexibility index (Phi) is 5.51. The number of rotatable bonds is 7. The summed E-state index contributed by atoms with van der Waals surface area (Å²) in [6.07, 6.45) is 0.570. The van der Waals surface area contributed by atoms with Crippen molar-refractivity contribution in [2.45, 2.75) is 12.8 Å². The number of phenols is 1. The maximum Gasteiger partial charge on any atom is 0.310 e. The van der Waals surface area contributed by atoms with Crippen LogP contribution in [0.15, 0.2) is 48.5 Å². The molecule has 0 spiro atoms. The average molecular weight is 316 g/mol. The lowest BCUT2D eigenvalue weighted by molar-refractivity contribution is -0.385. The lowest BCUT2D eigenvalue weighted by atomic mass is 10.2. The van der Waals surface area contributed by atoms with E-state index in [0.29, 0.717) is 12.1 Å². The number of ether oxygens (including phenoxy) is 1. The number of nitrogens with one attached hydrogen (secondary N) is 1. The van der Waals surface area contributed by atoms with Crippen LogP contribution in [0, 0.1) is 10.1 Å². The number of phenolic OH excluding ortho intramolecular Hbond substituents is 1. The number of nitro groups is 1.